The minimum absolute atomic E-state index is 0.0644. The predicted octanol–water partition coefficient (Wildman–Crippen LogP) is -0.280. The Hall–Kier alpha value is -1.75. The molecule has 0 aliphatic rings. The Labute approximate surface area is 116 Å². The molecule has 0 unspecified atom stereocenters. The van der Waals surface area contributed by atoms with Crippen LogP contribution in [0.25, 0.3) is 0 Å². The third kappa shape index (κ3) is 3.87. The van der Waals surface area contributed by atoms with Crippen LogP contribution in [0, 0.1) is 10.1 Å². The van der Waals surface area contributed by atoms with Crippen molar-refractivity contribution in [1.82, 2.24) is 9.62 Å². The fourth-order valence-electron chi connectivity index (χ4n) is 1.53. The molecule has 1 rings (SSSR count). The minimum atomic E-state index is -3.98. The van der Waals surface area contributed by atoms with Gasteiger partial charge >= 0.3 is 5.69 Å². The molecule has 0 radical (unpaired) electrons. The number of nitro benzene ring substituents is 1. The van der Waals surface area contributed by atoms with Crippen LogP contribution in [-0.2, 0) is 10.0 Å². The van der Waals surface area contributed by atoms with Crippen LogP contribution in [0.5, 0.6) is 0 Å². The Bertz CT molecular complexity index is 587. The molecule has 0 spiro atoms. The van der Waals surface area contributed by atoms with E-state index in [1.807, 2.05) is 0 Å². The highest BCUT2D eigenvalue weighted by Gasteiger charge is 2.28. The fourth-order valence-corrected chi connectivity index (χ4v) is 2.74. The van der Waals surface area contributed by atoms with E-state index in [0.29, 0.717) is 6.54 Å². The Morgan fingerprint density at radius 1 is 1.40 bits per heavy atom. The van der Waals surface area contributed by atoms with Gasteiger partial charge in [0.25, 0.3) is 0 Å². The molecule has 112 valence electrons. The van der Waals surface area contributed by atoms with Gasteiger partial charge in [-0.25, -0.2) is 13.1 Å². The van der Waals surface area contributed by atoms with E-state index in [1.165, 1.54) is 12.1 Å². The molecule has 1 aromatic carbocycles. The predicted molar refractivity (Wildman–Crippen MR) is 74.6 cm³/mol. The highest BCUT2D eigenvalue weighted by Crippen LogP contribution is 2.30. The molecule has 0 aliphatic carbocycles. The van der Waals surface area contributed by atoms with Crippen LogP contribution in [0.4, 0.5) is 11.4 Å². The number of nitrogens with two attached hydrogens (primary N) is 1. The van der Waals surface area contributed by atoms with Crippen LogP contribution in [0.2, 0.25) is 0 Å². The van der Waals surface area contributed by atoms with Crippen LogP contribution in [0.1, 0.15) is 0 Å². The Morgan fingerprint density at radius 3 is 2.55 bits per heavy atom. The van der Waals surface area contributed by atoms with Crippen molar-refractivity contribution in [2.75, 3.05) is 32.6 Å². The van der Waals surface area contributed by atoms with Gasteiger partial charge in [0.1, 0.15) is 5.69 Å². The van der Waals surface area contributed by atoms with Gasteiger partial charge in [-0.3, -0.25) is 16.0 Å². The molecular formula is C10H17N5O4S. The molecule has 0 fully saturated rings. The third-order valence-corrected chi connectivity index (χ3v) is 3.97. The maximum Gasteiger partial charge on any atom is 0.313 e. The molecule has 0 amide bonds. The van der Waals surface area contributed by atoms with Crippen LogP contribution in [0.15, 0.2) is 23.1 Å². The van der Waals surface area contributed by atoms with Crippen molar-refractivity contribution in [3.05, 3.63) is 28.3 Å². The second-order valence-corrected chi connectivity index (χ2v) is 5.99. The lowest BCUT2D eigenvalue weighted by Crippen LogP contribution is -2.31. The first-order valence-electron chi connectivity index (χ1n) is 5.68. The van der Waals surface area contributed by atoms with Gasteiger partial charge in [-0.1, -0.05) is 6.07 Å². The lowest BCUT2D eigenvalue weighted by Gasteiger charge is -2.12. The molecule has 20 heavy (non-hydrogen) atoms. The highest BCUT2D eigenvalue weighted by molar-refractivity contribution is 7.89. The standard InChI is InChI=1S/C10H17N5O4S/c1-14(2)7-6-12-20(18,19)9-5-3-4-8(13-11)10(9)15(16)17/h3-5,12-13H,6-7,11H2,1-2H3. The third-order valence-electron chi connectivity index (χ3n) is 2.48. The molecule has 0 atom stereocenters. The first-order valence-corrected chi connectivity index (χ1v) is 7.16. The van der Waals surface area contributed by atoms with E-state index in [1.54, 1.807) is 19.0 Å². The second kappa shape index (κ2) is 6.61. The molecule has 0 bridgehead atoms. The van der Waals surface area contributed by atoms with Gasteiger partial charge in [0, 0.05) is 13.1 Å². The summed E-state index contributed by atoms with van der Waals surface area (Å²) in [4.78, 5) is 11.6. The number of sulfonamides is 1. The maximum atomic E-state index is 12.1. The number of nitrogen functional groups attached to an aromatic ring is 1. The molecule has 0 heterocycles. The van der Waals surface area contributed by atoms with Crippen LogP contribution < -0.4 is 16.0 Å². The second-order valence-electron chi connectivity index (χ2n) is 4.25. The summed E-state index contributed by atoms with van der Waals surface area (Å²) in [6.07, 6.45) is 0. The number of hydrogen-bond acceptors (Lipinski definition) is 7. The lowest BCUT2D eigenvalue weighted by atomic mass is 10.3. The van der Waals surface area contributed by atoms with Gasteiger partial charge in [-0.2, -0.15) is 0 Å². The molecule has 0 aliphatic heterocycles. The van der Waals surface area contributed by atoms with E-state index >= 15 is 0 Å². The summed E-state index contributed by atoms with van der Waals surface area (Å²) in [6, 6.07) is 3.87. The van der Waals surface area contributed by atoms with Crippen LogP contribution in [-0.4, -0.2) is 45.4 Å². The van der Waals surface area contributed by atoms with E-state index in [-0.39, 0.29) is 12.2 Å². The number of nitro groups is 1. The van der Waals surface area contributed by atoms with E-state index < -0.39 is 25.5 Å². The zero-order valence-corrected chi connectivity index (χ0v) is 12.0. The van der Waals surface area contributed by atoms with Gasteiger partial charge < -0.3 is 10.3 Å². The number of likely N-dealkylation sites (N-methyl/N-ethyl adjacent to an activating group) is 1. The first-order chi connectivity index (χ1) is 9.29. The zero-order chi connectivity index (χ0) is 15.3. The lowest BCUT2D eigenvalue weighted by molar-refractivity contribution is -0.386. The quantitative estimate of drug-likeness (QED) is 0.358. The SMILES string of the molecule is CN(C)CCNS(=O)(=O)c1cccc(NN)c1[N+](=O)[O-]. The summed E-state index contributed by atoms with van der Waals surface area (Å²) in [5.74, 6) is 5.16. The number of nitrogens with zero attached hydrogens (tertiary/aromatic N) is 2. The zero-order valence-electron chi connectivity index (χ0n) is 11.2. The molecular weight excluding hydrogens is 286 g/mol. The summed E-state index contributed by atoms with van der Waals surface area (Å²) in [6.45, 7) is 0.620. The molecule has 0 saturated heterocycles. The van der Waals surface area contributed by atoms with E-state index in [4.69, 9.17) is 5.84 Å². The minimum Gasteiger partial charge on any atom is -0.318 e. The number of nitrogens with one attached hydrogen (secondary N) is 2. The summed E-state index contributed by atoms with van der Waals surface area (Å²) in [5.41, 5.74) is 1.48. The summed E-state index contributed by atoms with van der Waals surface area (Å²) >= 11 is 0. The normalized spacial score (nSPS) is 11.6. The fraction of sp³-hybridized carbons (Fsp3) is 0.400. The summed E-state index contributed by atoms with van der Waals surface area (Å²) < 4.78 is 26.5. The highest BCUT2D eigenvalue weighted by atomic mass is 32.2. The van der Waals surface area contributed by atoms with E-state index in [2.05, 4.69) is 10.1 Å². The largest absolute Gasteiger partial charge is 0.318 e. The van der Waals surface area contributed by atoms with Gasteiger partial charge in [0.05, 0.1) is 4.92 Å². The van der Waals surface area contributed by atoms with Crippen molar-refractivity contribution in [1.29, 1.82) is 0 Å². The van der Waals surface area contributed by atoms with Gasteiger partial charge in [-0.05, 0) is 26.2 Å². The van der Waals surface area contributed by atoms with Gasteiger partial charge in [0.2, 0.25) is 10.0 Å². The number of hydrogen-bond donors (Lipinski definition) is 3. The molecule has 0 aromatic heterocycles. The summed E-state index contributed by atoms with van der Waals surface area (Å²) in [5, 5.41) is 11.0. The van der Waals surface area contributed by atoms with Crippen molar-refractivity contribution < 1.29 is 13.3 Å². The molecule has 4 N–H and O–H groups in total. The summed E-state index contributed by atoms with van der Waals surface area (Å²) in [7, 11) is -0.403. The van der Waals surface area contributed by atoms with Gasteiger partial charge in [0.15, 0.2) is 4.90 Å². The monoisotopic (exact) mass is 303 g/mol. The number of para-hydroxylation sites is 1. The molecule has 1 aromatic rings. The molecule has 9 nitrogen and oxygen atoms in total. The number of anilines is 1. The smallest absolute Gasteiger partial charge is 0.313 e. The Balaban J connectivity index is 3.15. The van der Waals surface area contributed by atoms with Crippen molar-refractivity contribution in [3.8, 4) is 0 Å². The average Bonchev–Trinajstić information content (AvgIpc) is 2.36. The van der Waals surface area contributed by atoms with Crippen LogP contribution >= 0.6 is 0 Å². The van der Waals surface area contributed by atoms with Crippen molar-refractivity contribution in [2.45, 2.75) is 4.90 Å². The number of benzene rings is 1. The number of hydrazine groups is 1. The average molecular weight is 303 g/mol. The van der Waals surface area contributed by atoms with E-state index in [9.17, 15) is 18.5 Å². The Kier molecular flexibility index (Phi) is 5.39. The Morgan fingerprint density at radius 2 is 2.05 bits per heavy atom. The van der Waals surface area contributed by atoms with Gasteiger partial charge in [-0.15, -0.1) is 0 Å². The topological polar surface area (TPSA) is 131 Å². The maximum absolute atomic E-state index is 12.1. The van der Waals surface area contributed by atoms with E-state index in [0.717, 1.165) is 6.07 Å². The first kappa shape index (κ1) is 16.3. The van der Waals surface area contributed by atoms with Crippen LogP contribution in [0.3, 0.4) is 0 Å². The van der Waals surface area contributed by atoms with Crippen molar-refractivity contribution >= 4 is 21.4 Å². The van der Waals surface area contributed by atoms with Crippen molar-refractivity contribution in [3.63, 3.8) is 0 Å². The molecule has 10 heteroatoms. The molecule has 0 saturated carbocycles. The number of rotatable bonds is 7. The van der Waals surface area contributed by atoms with Crippen molar-refractivity contribution in [2.24, 2.45) is 5.84 Å².